The molecule has 226 valence electrons. The molecule has 5 rings (SSSR count). The van der Waals surface area contributed by atoms with Crippen LogP contribution in [0.2, 0.25) is 0 Å². The third-order valence-corrected chi connectivity index (χ3v) is 9.20. The van der Waals surface area contributed by atoms with Crippen LogP contribution in [0.1, 0.15) is 59.6 Å². The topological polar surface area (TPSA) is 107 Å². The molecule has 2 aliphatic heterocycles. The number of hydrogen-bond acceptors (Lipinski definition) is 8. The lowest BCUT2D eigenvalue weighted by Gasteiger charge is -2.38. The predicted molar refractivity (Wildman–Crippen MR) is 167 cm³/mol. The van der Waals surface area contributed by atoms with Gasteiger partial charge in [0.05, 0.1) is 11.9 Å². The summed E-state index contributed by atoms with van der Waals surface area (Å²) < 4.78 is 23.7. The molecular formula is C34H38N2O6S. The van der Waals surface area contributed by atoms with Gasteiger partial charge in [-0.05, 0) is 99.7 Å². The smallest absolute Gasteiger partial charge is 0.494 e. The molecule has 0 aliphatic carbocycles. The van der Waals surface area contributed by atoms with Gasteiger partial charge in [0.2, 0.25) is 5.91 Å². The van der Waals surface area contributed by atoms with Crippen molar-refractivity contribution in [1.29, 1.82) is 5.41 Å². The molecule has 2 atom stereocenters. The number of nitrogens with one attached hydrogen (secondary N) is 2. The minimum absolute atomic E-state index is 0.107. The Balaban J connectivity index is 1.13. The number of rotatable bonds is 10. The van der Waals surface area contributed by atoms with Crippen LogP contribution in [0.15, 0.2) is 54.6 Å². The lowest BCUT2D eigenvalue weighted by atomic mass is 9.85. The summed E-state index contributed by atoms with van der Waals surface area (Å²) in [7, 11) is 0. The van der Waals surface area contributed by atoms with Crippen LogP contribution in [0, 0.1) is 26.2 Å². The number of amides is 1. The van der Waals surface area contributed by atoms with Gasteiger partial charge in [0.1, 0.15) is 29.5 Å². The van der Waals surface area contributed by atoms with Crippen LogP contribution in [0.5, 0.6) is 17.2 Å². The maximum absolute atomic E-state index is 12.5. The van der Waals surface area contributed by atoms with Crippen LogP contribution in [-0.4, -0.2) is 34.7 Å². The van der Waals surface area contributed by atoms with Gasteiger partial charge in [0.25, 0.3) is 0 Å². The van der Waals surface area contributed by atoms with Crippen molar-refractivity contribution in [3.8, 4) is 17.2 Å². The second kappa shape index (κ2) is 13.1. The molecule has 0 radical (unpaired) electrons. The number of hydrogen-bond donors (Lipinski definition) is 2. The predicted octanol–water partition coefficient (Wildman–Crippen LogP) is 6.98. The molecule has 1 amide bonds. The van der Waals surface area contributed by atoms with Gasteiger partial charge in [-0.15, -0.1) is 0 Å². The monoisotopic (exact) mass is 602 g/mol. The van der Waals surface area contributed by atoms with Crippen molar-refractivity contribution in [1.82, 2.24) is 5.32 Å². The highest BCUT2D eigenvalue weighted by Gasteiger charge is 2.35. The van der Waals surface area contributed by atoms with Gasteiger partial charge in [0, 0.05) is 5.56 Å². The molecule has 0 aromatic heterocycles. The van der Waals surface area contributed by atoms with Crippen LogP contribution in [0.4, 0.5) is 4.79 Å². The largest absolute Gasteiger partial charge is 0.514 e. The van der Waals surface area contributed by atoms with E-state index in [9.17, 15) is 9.59 Å². The molecule has 0 bridgehead atoms. The highest BCUT2D eigenvalue weighted by atomic mass is 32.2. The van der Waals surface area contributed by atoms with E-state index in [0.717, 1.165) is 70.6 Å². The van der Waals surface area contributed by atoms with Crippen molar-refractivity contribution < 1.29 is 28.5 Å². The fourth-order valence-corrected chi connectivity index (χ4v) is 6.45. The first-order chi connectivity index (χ1) is 20.6. The maximum atomic E-state index is 12.5. The Kier molecular flexibility index (Phi) is 9.30. The number of carbonyl (C=O) groups excluding carboxylic acids is 2. The zero-order chi connectivity index (χ0) is 30.6. The summed E-state index contributed by atoms with van der Waals surface area (Å²) in [5, 5.41) is 10.1. The summed E-state index contributed by atoms with van der Waals surface area (Å²) >= 11 is 1.26. The number of amidine groups is 1. The molecule has 0 spiro atoms. The molecule has 2 N–H and O–H groups in total. The summed E-state index contributed by atoms with van der Waals surface area (Å²) in [6, 6.07) is 17.3. The van der Waals surface area contributed by atoms with E-state index < -0.39 is 6.16 Å². The Morgan fingerprint density at radius 1 is 1.05 bits per heavy atom. The number of carbonyl (C=O) groups is 2. The number of thioether (sulfide) groups is 1. The Bertz CT molecular complexity index is 1510. The third-order valence-electron chi connectivity index (χ3n) is 8.20. The first kappa shape index (κ1) is 30.5. The highest BCUT2D eigenvalue weighted by molar-refractivity contribution is 8.15. The molecule has 43 heavy (non-hydrogen) atoms. The van der Waals surface area contributed by atoms with Crippen molar-refractivity contribution in [3.63, 3.8) is 0 Å². The third kappa shape index (κ3) is 7.33. The molecule has 8 nitrogen and oxygen atoms in total. The average Bonchev–Trinajstić information content (AvgIpc) is 3.32. The van der Waals surface area contributed by atoms with Crippen molar-refractivity contribution >= 4 is 29.0 Å². The summed E-state index contributed by atoms with van der Waals surface area (Å²) in [6.07, 6.45) is 3.22. The van der Waals surface area contributed by atoms with E-state index in [0.29, 0.717) is 18.8 Å². The quantitative estimate of drug-likeness (QED) is 0.146. The molecule has 0 saturated carbocycles. The van der Waals surface area contributed by atoms with E-state index in [-0.39, 0.29) is 28.5 Å². The zero-order valence-electron chi connectivity index (χ0n) is 25.1. The van der Waals surface area contributed by atoms with Crippen LogP contribution >= 0.6 is 11.8 Å². The van der Waals surface area contributed by atoms with E-state index >= 15 is 0 Å². The lowest BCUT2D eigenvalue weighted by molar-refractivity contribution is -0.118. The standard InChI is InChI=1S/C34H38N2O6S/c1-21-22(2)30-27(23(3)29(21)41-33(38)40-20-25-9-6-5-7-10-25)15-17-34(4,42-30)16-8-18-39-26-13-11-24(12-14-26)19-28-31(37)36-32(35)43-28/h5-7,9-14,28H,8,15-20H2,1-4H3,(H2,35,36,37). The van der Waals surface area contributed by atoms with Gasteiger partial charge in [-0.1, -0.05) is 54.2 Å². The van der Waals surface area contributed by atoms with Crippen molar-refractivity contribution in [2.45, 2.75) is 77.3 Å². The highest BCUT2D eigenvalue weighted by Crippen LogP contribution is 2.45. The van der Waals surface area contributed by atoms with Gasteiger partial charge >= 0.3 is 6.16 Å². The molecule has 2 heterocycles. The zero-order valence-corrected chi connectivity index (χ0v) is 25.9. The van der Waals surface area contributed by atoms with Gasteiger partial charge in [-0.25, -0.2) is 4.79 Å². The summed E-state index contributed by atoms with van der Waals surface area (Å²) in [4.78, 5) is 24.4. The Hall–Kier alpha value is -3.98. The molecule has 9 heteroatoms. The van der Waals surface area contributed by atoms with E-state index in [1.807, 2.05) is 75.4 Å². The molecule has 3 aromatic rings. The minimum Gasteiger partial charge on any atom is -0.494 e. The first-order valence-corrected chi connectivity index (χ1v) is 15.5. The second-order valence-electron chi connectivity index (χ2n) is 11.4. The summed E-state index contributed by atoms with van der Waals surface area (Å²) in [5.74, 6) is 2.11. The SMILES string of the molecule is Cc1c(C)c2c(c(C)c1OC(=O)OCc1ccccc1)CCC(C)(CCCOc1ccc(CC3SC(=N)NC3=O)cc1)O2. The van der Waals surface area contributed by atoms with Crippen LogP contribution in [-0.2, 0) is 29.0 Å². The molecule has 1 fully saturated rings. The van der Waals surface area contributed by atoms with Crippen molar-refractivity contribution in [2.75, 3.05) is 6.61 Å². The number of benzene rings is 3. The second-order valence-corrected chi connectivity index (χ2v) is 12.6. The first-order valence-electron chi connectivity index (χ1n) is 14.6. The number of fused-ring (bicyclic) bond motifs is 1. The van der Waals surface area contributed by atoms with Crippen LogP contribution < -0.4 is 19.5 Å². The van der Waals surface area contributed by atoms with Gasteiger partial charge in [0.15, 0.2) is 5.17 Å². The molecule has 2 aliphatic rings. The number of ether oxygens (including phenoxy) is 4. The Morgan fingerprint density at radius 2 is 1.79 bits per heavy atom. The fraction of sp³-hybridized carbons (Fsp3) is 0.382. The Labute approximate surface area is 257 Å². The van der Waals surface area contributed by atoms with Crippen LogP contribution in [0.3, 0.4) is 0 Å². The molecular weight excluding hydrogens is 564 g/mol. The van der Waals surface area contributed by atoms with E-state index in [1.165, 1.54) is 11.8 Å². The van der Waals surface area contributed by atoms with Crippen LogP contribution in [0.25, 0.3) is 0 Å². The van der Waals surface area contributed by atoms with Gasteiger partial charge < -0.3 is 24.3 Å². The Morgan fingerprint density at radius 3 is 2.49 bits per heavy atom. The van der Waals surface area contributed by atoms with E-state index in [1.54, 1.807) is 0 Å². The normalized spacial score (nSPS) is 19.3. The lowest BCUT2D eigenvalue weighted by Crippen LogP contribution is -2.37. The van der Waals surface area contributed by atoms with Crippen molar-refractivity contribution in [2.24, 2.45) is 0 Å². The summed E-state index contributed by atoms with van der Waals surface area (Å²) in [6.45, 7) is 8.81. The van der Waals surface area contributed by atoms with E-state index in [2.05, 4.69) is 12.2 Å². The molecule has 2 unspecified atom stereocenters. The minimum atomic E-state index is -0.716. The van der Waals surface area contributed by atoms with Gasteiger partial charge in [-0.3, -0.25) is 10.2 Å². The van der Waals surface area contributed by atoms with E-state index in [4.69, 9.17) is 24.4 Å². The fourth-order valence-electron chi connectivity index (χ4n) is 5.56. The molecule has 3 aromatic carbocycles. The van der Waals surface area contributed by atoms with Crippen molar-refractivity contribution in [3.05, 3.63) is 88.0 Å². The average molecular weight is 603 g/mol. The summed E-state index contributed by atoms with van der Waals surface area (Å²) in [5.41, 5.74) is 5.44. The maximum Gasteiger partial charge on any atom is 0.514 e. The molecule has 1 saturated heterocycles. The van der Waals surface area contributed by atoms with Gasteiger partial charge in [-0.2, -0.15) is 0 Å².